The highest BCUT2D eigenvalue weighted by molar-refractivity contribution is 7.08. The molecule has 0 saturated carbocycles. The maximum Gasteiger partial charge on any atom is 0.200 e. The van der Waals surface area contributed by atoms with Crippen LogP contribution in [0, 0.1) is 12.3 Å². The highest BCUT2D eigenvalue weighted by Crippen LogP contribution is 2.01. The van der Waals surface area contributed by atoms with E-state index < -0.39 is 0 Å². The number of aryl methyl sites for hydroxylation is 1. The molecular formula is C10H11N3S. The maximum atomic E-state index is 7.66. The summed E-state index contributed by atoms with van der Waals surface area (Å²) in [5.74, 6) is 0. The lowest BCUT2D eigenvalue weighted by atomic mass is 10.2. The van der Waals surface area contributed by atoms with Crippen LogP contribution >= 0.6 is 11.3 Å². The summed E-state index contributed by atoms with van der Waals surface area (Å²) in [4.78, 5) is 0.506. The summed E-state index contributed by atoms with van der Waals surface area (Å²) in [7, 11) is 0. The Balaban J connectivity index is 2.28. The van der Waals surface area contributed by atoms with Gasteiger partial charge in [0.25, 0.3) is 0 Å². The highest BCUT2D eigenvalue weighted by atomic mass is 32.1. The molecule has 0 aliphatic carbocycles. The molecule has 0 unspecified atom stereocenters. The molecule has 14 heavy (non-hydrogen) atoms. The molecular weight excluding hydrogens is 194 g/mol. The smallest absolute Gasteiger partial charge is 0.200 e. The van der Waals surface area contributed by atoms with Crippen LogP contribution in [-0.4, -0.2) is 9.78 Å². The number of rotatable bonds is 2. The number of nitrogens with one attached hydrogen (secondary N) is 1. The number of nitrogens with zero attached hydrogens (tertiary/aromatic N) is 2. The Morgan fingerprint density at radius 1 is 1.36 bits per heavy atom. The van der Waals surface area contributed by atoms with E-state index in [-0.39, 0.29) is 0 Å². The first-order chi connectivity index (χ1) is 6.75. The lowest BCUT2D eigenvalue weighted by Gasteiger charge is -1.99. The van der Waals surface area contributed by atoms with E-state index in [1.165, 1.54) is 16.9 Å². The molecule has 1 heterocycles. The molecule has 2 aromatic rings. The fraction of sp³-hybridized carbons (Fsp3) is 0.200. The summed E-state index contributed by atoms with van der Waals surface area (Å²) >= 11 is 1.41. The predicted octanol–water partition coefficient (Wildman–Crippen LogP) is 1.78. The minimum Gasteiger partial charge on any atom is -0.274 e. The van der Waals surface area contributed by atoms with Gasteiger partial charge in [0, 0.05) is 0 Å². The average Bonchev–Trinajstić information content (AvgIpc) is 2.47. The van der Waals surface area contributed by atoms with Crippen molar-refractivity contribution in [1.29, 1.82) is 5.41 Å². The van der Waals surface area contributed by atoms with E-state index in [0.717, 1.165) is 5.01 Å². The molecule has 2 rings (SSSR count). The van der Waals surface area contributed by atoms with E-state index in [4.69, 9.17) is 5.41 Å². The molecule has 0 aliphatic rings. The summed E-state index contributed by atoms with van der Waals surface area (Å²) in [6, 6.07) is 10.1. The second kappa shape index (κ2) is 3.75. The highest BCUT2D eigenvalue weighted by Gasteiger charge is 1.99. The van der Waals surface area contributed by atoms with Gasteiger partial charge >= 0.3 is 0 Å². The fourth-order valence-corrected chi connectivity index (χ4v) is 1.92. The third-order valence-electron chi connectivity index (χ3n) is 1.92. The van der Waals surface area contributed by atoms with E-state index in [9.17, 15) is 0 Å². The Hall–Kier alpha value is -1.42. The lowest BCUT2D eigenvalue weighted by Crippen LogP contribution is -2.15. The van der Waals surface area contributed by atoms with Crippen molar-refractivity contribution in [2.24, 2.45) is 0 Å². The van der Waals surface area contributed by atoms with Crippen LogP contribution in [0.5, 0.6) is 0 Å². The van der Waals surface area contributed by atoms with Gasteiger partial charge in [0.2, 0.25) is 4.80 Å². The number of hydrogen-bond donors (Lipinski definition) is 1. The summed E-state index contributed by atoms with van der Waals surface area (Å²) < 4.78 is 1.72. The third-order valence-corrected chi connectivity index (χ3v) is 2.70. The first-order valence-electron chi connectivity index (χ1n) is 4.39. The van der Waals surface area contributed by atoms with Crippen molar-refractivity contribution in [3.05, 3.63) is 45.7 Å². The zero-order valence-corrected chi connectivity index (χ0v) is 8.71. The average molecular weight is 205 g/mol. The molecule has 3 nitrogen and oxygen atoms in total. The molecule has 0 saturated heterocycles. The van der Waals surface area contributed by atoms with Gasteiger partial charge in [-0.1, -0.05) is 41.7 Å². The van der Waals surface area contributed by atoms with Gasteiger partial charge in [-0.3, -0.25) is 5.41 Å². The van der Waals surface area contributed by atoms with Crippen LogP contribution in [0.3, 0.4) is 0 Å². The van der Waals surface area contributed by atoms with Crippen LogP contribution in [0.2, 0.25) is 0 Å². The molecule has 1 aromatic heterocycles. The van der Waals surface area contributed by atoms with E-state index in [2.05, 4.69) is 5.10 Å². The van der Waals surface area contributed by atoms with Gasteiger partial charge in [-0.15, -0.1) is 0 Å². The zero-order chi connectivity index (χ0) is 9.97. The van der Waals surface area contributed by atoms with Gasteiger partial charge in [0.05, 0.1) is 6.54 Å². The van der Waals surface area contributed by atoms with E-state index in [1.807, 2.05) is 37.3 Å². The van der Waals surface area contributed by atoms with Crippen molar-refractivity contribution in [2.75, 3.05) is 0 Å². The topological polar surface area (TPSA) is 41.7 Å². The normalized spacial score (nSPS) is 10.4. The minimum atomic E-state index is 0.506. The van der Waals surface area contributed by atoms with Crippen molar-refractivity contribution in [2.45, 2.75) is 13.5 Å². The van der Waals surface area contributed by atoms with Crippen LogP contribution in [0.25, 0.3) is 0 Å². The van der Waals surface area contributed by atoms with Crippen LogP contribution in [0.4, 0.5) is 0 Å². The van der Waals surface area contributed by atoms with Crippen molar-refractivity contribution in [1.82, 2.24) is 9.78 Å². The zero-order valence-electron chi connectivity index (χ0n) is 7.90. The van der Waals surface area contributed by atoms with Gasteiger partial charge in [-0.25, -0.2) is 4.68 Å². The Kier molecular flexibility index (Phi) is 2.45. The molecule has 0 spiro atoms. The Morgan fingerprint density at radius 3 is 2.64 bits per heavy atom. The maximum absolute atomic E-state index is 7.66. The van der Waals surface area contributed by atoms with Gasteiger partial charge < -0.3 is 0 Å². The second-order valence-corrected chi connectivity index (χ2v) is 4.25. The number of aromatic nitrogens is 2. The summed E-state index contributed by atoms with van der Waals surface area (Å²) in [5, 5.41) is 12.8. The molecule has 1 N–H and O–H groups in total. The van der Waals surface area contributed by atoms with Crippen LogP contribution < -0.4 is 4.80 Å². The quantitative estimate of drug-likeness (QED) is 0.797. The monoisotopic (exact) mass is 205 g/mol. The van der Waals surface area contributed by atoms with Gasteiger partial charge in [0.1, 0.15) is 5.01 Å². The van der Waals surface area contributed by atoms with Crippen molar-refractivity contribution < 1.29 is 0 Å². The second-order valence-electron chi connectivity index (χ2n) is 3.07. The first-order valence-corrected chi connectivity index (χ1v) is 5.20. The summed E-state index contributed by atoms with van der Waals surface area (Å²) in [6.45, 7) is 2.61. The SMILES string of the molecule is Cc1nn(Cc2ccccc2)c(=N)s1. The van der Waals surface area contributed by atoms with Gasteiger partial charge in [-0.05, 0) is 12.5 Å². The van der Waals surface area contributed by atoms with Gasteiger partial charge in [0.15, 0.2) is 0 Å². The first kappa shape index (κ1) is 9.15. The standard InChI is InChI=1S/C10H11N3S/c1-8-12-13(10(11)14-8)7-9-5-3-2-4-6-9/h2-6,11H,7H2,1H3. The van der Waals surface area contributed by atoms with Gasteiger partial charge in [-0.2, -0.15) is 5.10 Å². The Morgan fingerprint density at radius 2 is 2.07 bits per heavy atom. The van der Waals surface area contributed by atoms with Crippen molar-refractivity contribution >= 4 is 11.3 Å². The summed E-state index contributed by atoms with van der Waals surface area (Å²) in [6.07, 6.45) is 0. The molecule has 0 atom stereocenters. The van der Waals surface area contributed by atoms with Crippen LogP contribution in [-0.2, 0) is 6.54 Å². The minimum absolute atomic E-state index is 0.506. The Bertz CT molecular complexity index is 470. The lowest BCUT2D eigenvalue weighted by molar-refractivity contribution is 0.643. The van der Waals surface area contributed by atoms with Crippen LogP contribution in [0.15, 0.2) is 30.3 Å². The molecule has 0 amide bonds. The van der Waals surface area contributed by atoms with E-state index in [1.54, 1.807) is 4.68 Å². The number of benzene rings is 1. The molecule has 0 aliphatic heterocycles. The molecule has 0 radical (unpaired) electrons. The largest absolute Gasteiger partial charge is 0.274 e. The van der Waals surface area contributed by atoms with E-state index in [0.29, 0.717) is 11.3 Å². The summed E-state index contributed by atoms with van der Waals surface area (Å²) in [5.41, 5.74) is 1.18. The molecule has 4 heteroatoms. The fourth-order valence-electron chi connectivity index (χ4n) is 1.29. The molecule has 1 aromatic carbocycles. The molecule has 0 fully saturated rings. The van der Waals surface area contributed by atoms with Crippen molar-refractivity contribution in [3.63, 3.8) is 0 Å². The molecule has 0 bridgehead atoms. The van der Waals surface area contributed by atoms with Crippen molar-refractivity contribution in [3.8, 4) is 0 Å². The number of hydrogen-bond acceptors (Lipinski definition) is 3. The third kappa shape index (κ3) is 1.90. The predicted molar refractivity (Wildman–Crippen MR) is 56.2 cm³/mol. The van der Waals surface area contributed by atoms with E-state index >= 15 is 0 Å². The Labute approximate surface area is 86.2 Å². The van der Waals surface area contributed by atoms with Crippen LogP contribution in [0.1, 0.15) is 10.6 Å². The molecule has 72 valence electrons.